The van der Waals surface area contributed by atoms with Gasteiger partial charge in [-0.05, 0) is 24.8 Å². The van der Waals surface area contributed by atoms with Crippen LogP contribution < -0.4 is 11.1 Å². The fourth-order valence-electron chi connectivity index (χ4n) is 2.23. The Balaban J connectivity index is 1.99. The molecule has 2 unspecified atom stereocenters. The Bertz CT molecular complexity index is 439. The number of carbonyl (C=O) groups is 1. The predicted octanol–water partition coefficient (Wildman–Crippen LogP) is 3.77. The first-order valence-corrected chi connectivity index (χ1v) is 7.54. The van der Waals surface area contributed by atoms with Crippen molar-refractivity contribution in [3.8, 4) is 0 Å². The molecule has 1 fully saturated rings. The van der Waals surface area contributed by atoms with Gasteiger partial charge in [0.15, 0.2) is 5.78 Å². The van der Waals surface area contributed by atoms with E-state index in [0.717, 1.165) is 10.9 Å². The molecule has 100 valence electrons. The molecule has 0 saturated heterocycles. The lowest BCUT2D eigenvalue weighted by Crippen LogP contribution is -2.07. The molecule has 0 spiro atoms. The van der Waals surface area contributed by atoms with Gasteiger partial charge >= 0.3 is 0 Å². The number of nitrogen functional groups attached to an aromatic ring is 1. The van der Waals surface area contributed by atoms with Crippen molar-refractivity contribution in [2.75, 3.05) is 11.1 Å². The Hall–Kier alpha value is -1.03. The Morgan fingerprint density at radius 2 is 2.33 bits per heavy atom. The molecule has 0 aliphatic heterocycles. The summed E-state index contributed by atoms with van der Waals surface area (Å²) in [6, 6.07) is 2.49. The number of nitrogens with two attached hydrogens (primary N) is 1. The molecule has 1 aromatic rings. The van der Waals surface area contributed by atoms with E-state index in [-0.39, 0.29) is 11.7 Å². The molecule has 3 N–H and O–H groups in total. The van der Waals surface area contributed by atoms with Gasteiger partial charge < -0.3 is 11.1 Å². The van der Waals surface area contributed by atoms with E-state index in [1.807, 2.05) is 19.9 Å². The first kappa shape index (κ1) is 13.4. The topological polar surface area (TPSA) is 55.1 Å². The van der Waals surface area contributed by atoms with Gasteiger partial charge in [0.2, 0.25) is 0 Å². The molecule has 4 heteroatoms. The maximum absolute atomic E-state index is 11.9. The van der Waals surface area contributed by atoms with Crippen LogP contribution in [0, 0.1) is 11.8 Å². The van der Waals surface area contributed by atoms with Crippen LogP contribution in [0.15, 0.2) is 6.07 Å². The highest BCUT2D eigenvalue weighted by atomic mass is 32.1. The minimum Gasteiger partial charge on any atom is -0.397 e. The molecule has 2 atom stereocenters. The fourth-order valence-corrected chi connectivity index (χ4v) is 3.36. The highest BCUT2D eigenvalue weighted by molar-refractivity contribution is 7.18. The summed E-state index contributed by atoms with van der Waals surface area (Å²) in [6.45, 7) is 6.04. The highest BCUT2D eigenvalue weighted by Gasteiger charge is 2.36. The van der Waals surface area contributed by atoms with Gasteiger partial charge in [0.1, 0.15) is 0 Å². The van der Waals surface area contributed by atoms with Crippen molar-refractivity contribution in [2.24, 2.45) is 11.8 Å². The monoisotopic (exact) mass is 266 g/mol. The van der Waals surface area contributed by atoms with Gasteiger partial charge in [-0.1, -0.05) is 27.2 Å². The van der Waals surface area contributed by atoms with E-state index in [1.165, 1.54) is 30.6 Å². The lowest BCUT2D eigenvalue weighted by Gasteiger charge is -2.02. The average Bonchev–Trinajstić information content (AvgIpc) is 2.91. The molecule has 1 heterocycles. The maximum Gasteiger partial charge on any atom is 0.177 e. The van der Waals surface area contributed by atoms with E-state index in [4.69, 9.17) is 5.73 Å². The molecule has 1 saturated carbocycles. The molecule has 1 aliphatic rings. The summed E-state index contributed by atoms with van der Waals surface area (Å²) < 4.78 is 0. The highest BCUT2D eigenvalue weighted by Crippen LogP contribution is 2.40. The van der Waals surface area contributed by atoms with Gasteiger partial charge in [0, 0.05) is 12.0 Å². The molecule has 0 amide bonds. The first-order valence-electron chi connectivity index (χ1n) is 6.73. The van der Waals surface area contributed by atoms with Crippen LogP contribution in [0.5, 0.6) is 0 Å². The largest absolute Gasteiger partial charge is 0.397 e. The van der Waals surface area contributed by atoms with Crippen LogP contribution in [0.2, 0.25) is 0 Å². The summed E-state index contributed by atoms with van der Waals surface area (Å²) in [5.74, 6) is 0.960. The lowest BCUT2D eigenvalue weighted by atomic mass is 10.1. The van der Waals surface area contributed by atoms with Crippen molar-refractivity contribution < 1.29 is 4.79 Å². The quantitative estimate of drug-likeness (QED) is 0.771. The summed E-state index contributed by atoms with van der Waals surface area (Å²) in [4.78, 5) is 12.7. The van der Waals surface area contributed by atoms with Gasteiger partial charge in [-0.2, -0.15) is 0 Å². The van der Waals surface area contributed by atoms with Crippen molar-refractivity contribution in [1.82, 2.24) is 0 Å². The van der Waals surface area contributed by atoms with Gasteiger partial charge in [-0.15, -0.1) is 11.3 Å². The molecule has 0 radical (unpaired) electrons. The van der Waals surface area contributed by atoms with E-state index in [9.17, 15) is 4.79 Å². The summed E-state index contributed by atoms with van der Waals surface area (Å²) in [7, 11) is 0. The average molecular weight is 266 g/mol. The number of hydrogen-bond acceptors (Lipinski definition) is 4. The fraction of sp³-hybridized carbons (Fsp3) is 0.643. The number of hydrogen-bond donors (Lipinski definition) is 2. The third-order valence-electron chi connectivity index (χ3n) is 3.42. The number of nitrogens with one attached hydrogen (secondary N) is 1. The molecule has 2 rings (SSSR count). The number of thiophene rings is 1. The zero-order chi connectivity index (χ0) is 13.3. The van der Waals surface area contributed by atoms with Crippen molar-refractivity contribution in [2.45, 2.75) is 46.1 Å². The second kappa shape index (κ2) is 5.31. The molecule has 18 heavy (non-hydrogen) atoms. The van der Waals surface area contributed by atoms with Crippen LogP contribution in [0.4, 0.5) is 10.7 Å². The predicted molar refractivity (Wildman–Crippen MR) is 78.3 cm³/mol. The number of anilines is 2. The second-order valence-corrected chi connectivity index (χ2v) is 6.50. The minimum atomic E-state index is 0.00700. The van der Waals surface area contributed by atoms with Gasteiger partial charge in [-0.25, -0.2) is 0 Å². The number of Topliss-reactive ketones (excluding diaryl/α,β-unsaturated/α-hetero) is 1. The summed E-state index contributed by atoms with van der Waals surface area (Å²) in [6.07, 6.45) is 3.78. The zero-order valence-electron chi connectivity index (χ0n) is 11.3. The molecule has 1 aliphatic carbocycles. The van der Waals surface area contributed by atoms with Crippen molar-refractivity contribution >= 4 is 27.8 Å². The van der Waals surface area contributed by atoms with Crippen LogP contribution in [0.3, 0.4) is 0 Å². The third-order valence-corrected chi connectivity index (χ3v) is 4.52. The SMILES string of the molecule is CCCC1CC1Nc1cc(N)c(C(=O)C(C)C)s1. The standard InChI is InChI=1S/C14H22N2OS/c1-4-5-9-6-11(9)16-12-7-10(15)14(18-12)13(17)8(2)3/h7-9,11,16H,4-6,15H2,1-3H3. The molecular formula is C14H22N2OS. The Morgan fingerprint density at radius 1 is 1.61 bits per heavy atom. The number of rotatable bonds is 6. The maximum atomic E-state index is 11.9. The molecule has 0 aromatic carbocycles. The van der Waals surface area contributed by atoms with Crippen LogP contribution in [-0.2, 0) is 0 Å². The van der Waals surface area contributed by atoms with Crippen molar-refractivity contribution in [3.05, 3.63) is 10.9 Å². The van der Waals surface area contributed by atoms with E-state index >= 15 is 0 Å². The van der Waals surface area contributed by atoms with Crippen LogP contribution in [0.1, 0.15) is 49.7 Å². The van der Waals surface area contributed by atoms with E-state index < -0.39 is 0 Å². The van der Waals surface area contributed by atoms with Gasteiger partial charge in [0.05, 0.1) is 15.6 Å². The smallest absolute Gasteiger partial charge is 0.177 e. The van der Waals surface area contributed by atoms with Crippen LogP contribution in [0.25, 0.3) is 0 Å². The molecular weight excluding hydrogens is 244 g/mol. The summed E-state index contributed by atoms with van der Waals surface area (Å²) >= 11 is 1.50. The zero-order valence-corrected chi connectivity index (χ0v) is 12.1. The summed E-state index contributed by atoms with van der Waals surface area (Å²) in [5.41, 5.74) is 6.54. The van der Waals surface area contributed by atoms with E-state index in [1.54, 1.807) is 0 Å². The normalized spacial score (nSPS) is 22.2. The van der Waals surface area contributed by atoms with Crippen molar-refractivity contribution in [1.29, 1.82) is 0 Å². The second-order valence-electron chi connectivity index (χ2n) is 5.45. The minimum absolute atomic E-state index is 0.00700. The molecule has 3 nitrogen and oxygen atoms in total. The first-order chi connectivity index (χ1) is 8.52. The van der Waals surface area contributed by atoms with Crippen LogP contribution in [-0.4, -0.2) is 11.8 Å². The Labute approximate surface area is 113 Å². The Kier molecular flexibility index (Phi) is 3.95. The summed E-state index contributed by atoms with van der Waals surface area (Å²) in [5, 5.41) is 4.53. The van der Waals surface area contributed by atoms with Crippen LogP contribution >= 0.6 is 11.3 Å². The number of ketones is 1. The van der Waals surface area contributed by atoms with E-state index in [0.29, 0.717) is 16.6 Å². The van der Waals surface area contributed by atoms with Crippen molar-refractivity contribution in [3.63, 3.8) is 0 Å². The van der Waals surface area contributed by atoms with Gasteiger partial charge in [-0.3, -0.25) is 4.79 Å². The third kappa shape index (κ3) is 2.86. The molecule has 0 bridgehead atoms. The van der Waals surface area contributed by atoms with Gasteiger partial charge in [0.25, 0.3) is 0 Å². The number of carbonyl (C=O) groups excluding carboxylic acids is 1. The Morgan fingerprint density at radius 3 is 2.94 bits per heavy atom. The van der Waals surface area contributed by atoms with E-state index in [2.05, 4.69) is 12.2 Å². The molecule has 1 aromatic heterocycles. The lowest BCUT2D eigenvalue weighted by molar-refractivity contribution is 0.0944.